The molecule has 2 aromatic rings. The van der Waals surface area contributed by atoms with Crippen molar-refractivity contribution in [2.75, 3.05) is 18.1 Å². The van der Waals surface area contributed by atoms with Crippen LogP contribution in [0.2, 0.25) is 10.3 Å². The molecule has 0 fully saturated rings. The second-order valence-corrected chi connectivity index (χ2v) is 4.28. The number of nitrogens with zero attached hydrogens (tertiary/aromatic N) is 4. The number of ether oxygens (including phenoxy) is 1. The molecule has 2 rings (SSSR count). The SMILES string of the molecule is CCOc1cc(C)nc(N)n1.Nc1nc(Cl)cc(Cl)n1. The molecule has 0 aliphatic rings. The fraction of sp³-hybridized carbons (Fsp3) is 0.273. The van der Waals surface area contributed by atoms with Gasteiger partial charge in [-0.15, -0.1) is 0 Å². The summed E-state index contributed by atoms with van der Waals surface area (Å²) >= 11 is 10.9. The van der Waals surface area contributed by atoms with Crippen LogP contribution in [0.5, 0.6) is 5.88 Å². The van der Waals surface area contributed by atoms with E-state index in [0.29, 0.717) is 12.5 Å². The molecule has 0 aliphatic carbocycles. The predicted molar refractivity (Wildman–Crippen MR) is 78.8 cm³/mol. The second kappa shape index (κ2) is 7.66. The Morgan fingerprint density at radius 3 is 2.00 bits per heavy atom. The average Bonchev–Trinajstić information content (AvgIpc) is 2.26. The van der Waals surface area contributed by atoms with Crippen molar-refractivity contribution in [2.24, 2.45) is 0 Å². The molecule has 0 aliphatic heterocycles. The standard InChI is InChI=1S/C7H11N3O.C4H3Cl2N3/c1-3-11-6-4-5(2)9-7(8)10-6;5-2-1-3(6)9-4(7)8-2/h4H,3H2,1-2H3,(H2,8,9,10);1H,(H2,7,8,9). The van der Waals surface area contributed by atoms with Crippen molar-refractivity contribution in [1.82, 2.24) is 19.9 Å². The number of aryl methyl sites for hydroxylation is 1. The lowest BCUT2D eigenvalue weighted by Gasteiger charge is -2.02. The first-order chi connectivity index (χ1) is 9.40. The first-order valence-corrected chi connectivity index (χ1v) is 6.35. The highest BCUT2D eigenvalue weighted by molar-refractivity contribution is 6.33. The van der Waals surface area contributed by atoms with Gasteiger partial charge in [-0.3, -0.25) is 0 Å². The molecule has 0 saturated heterocycles. The molecule has 0 amide bonds. The Kier molecular flexibility index (Phi) is 6.20. The zero-order chi connectivity index (χ0) is 15.1. The highest BCUT2D eigenvalue weighted by atomic mass is 35.5. The largest absolute Gasteiger partial charge is 0.478 e. The summed E-state index contributed by atoms with van der Waals surface area (Å²) in [6, 6.07) is 3.17. The maximum Gasteiger partial charge on any atom is 0.223 e. The topological polar surface area (TPSA) is 113 Å². The minimum absolute atomic E-state index is 0.0903. The maximum atomic E-state index is 5.43. The minimum atomic E-state index is 0.0903. The Hall–Kier alpha value is -1.86. The first kappa shape index (κ1) is 16.2. The highest BCUT2D eigenvalue weighted by Gasteiger charge is 1.97. The summed E-state index contributed by atoms with van der Waals surface area (Å²) in [6.07, 6.45) is 0. The van der Waals surface area contributed by atoms with Crippen molar-refractivity contribution >= 4 is 35.1 Å². The lowest BCUT2D eigenvalue weighted by atomic mass is 10.4. The third kappa shape index (κ3) is 5.85. The van der Waals surface area contributed by atoms with E-state index in [2.05, 4.69) is 19.9 Å². The third-order valence-electron chi connectivity index (χ3n) is 1.82. The monoisotopic (exact) mass is 316 g/mol. The van der Waals surface area contributed by atoms with Gasteiger partial charge in [0, 0.05) is 17.8 Å². The number of nitrogens with two attached hydrogens (primary N) is 2. The summed E-state index contributed by atoms with van der Waals surface area (Å²) in [7, 11) is 0. The lowest BCUT2D eigenvalue weighted by molar-refractivity contribution is 0.326. The Bertz CT molecular complexity index is 510. The van der Waals surface area contributed by atoms with E-state index in [4.69, 9.17) is 39.4 Å². The van der Waals surface area contributed by atoms with Crippen molar-refractivity contribution in [3.63, 3.8) is 0 Å². The Labute approximate surface area is 126 Å². The van der Waals surface area contributed by atoms with Crippen LogP contribution in [0.3, 0.4) is 0 Å². The van der Waals surface area contributed by atoms with Gasteiger partial charge in [-0.25, -0.2) is 15.0 Å². The molecule has 0 saturated carbocycles. The molecule has 0 atom stereocenters. The zero-order valence-corrected chi connectivity index (χ0v) is 12.5. The fourth-order valence-corrected chi connectivity index (χ4v) is 1.63. The molecule has 7 nitrogen and oxygen atoms in total. The molecule has 0 unspecified atom stereocenters. The van der Waals surface area contributed by atoms with E-state index in [1.165, 1.54) is 6.07 Å². The van der Waals surface area contributed by atoms with Crippen molar-refractivity contribution < 1.29 is 4.74 Å². The number of anilines is 2. The molecular formula is C11H14Cl2N6O. The van der Waals surface area contributed by atoms with Crippen molar-refractivity contribution in [1.29, 1.82) is 0 Å². The molecule has 2 heterocycles. The highest BCUT2D eigenvalue weighted by Crippen LogP contribution is 2.11. The summed E-state index contributed by atoms with van der Waals surface area (Å²) in [5.74, 6) is 0.887. The van der Waals surface area contributed by atoms with Gasteiger partial charge >= 0.3 is 0 Å². The maximum absolute atomic E-state index is 5.43. The van der Waals surface area contributed by atoms with Crippen molar-refractivity contribution in [2.45, 2.75) is 13.8 Å². The van der Waals surface area contributed by atoms with Crippen LogP contribution >= 0.6 is 23.2 Å². The molecule has 0 spiro atoms. The molecule has 0 radical (unpaired) electrons. The van der Waals surface area contributed by atoms with E-state index in [9.17, 15) is 0 Å². The molecule has 108 valence electrons. The number of hydrogen-bond acceptors (Lipinski definition) is 7. The second-order valence-electron chi connectivity index (χ2n) is 3.51. The van der Waals surface area contributed by atoms with E-state index in [-0.39, 0.29) is 22.2 Å². The van der Waals surface area contributed by atoms with Gasteiger partial charge in [0.15, 0.2) is 0 Å². The fourth-order valence-electron chi connectivity index (χ4n) is 1.19. The van der Waals surface area contributed by atoms with Crippen LogP contribution in [0.25, 0.3) is 0 Å². The van der Waals surface area contributed by atoms with Crippen molar-refractivity contribution in [3.05, 3.63) is 28.1 Å². The average molecular weight is 317 g/mol. The third-order valence-corrected chi connectivity index (χ3v) is 2.21. The summed E-state index contributed by atoms with van der Waals surface area (Å²) < 4.78 is 5.14. The Morgan fingerprint density at radius 2 is 1.55 bits per heavy atom. The van der Waals surface area contributed by atoms with E-state index >= 15 is 0 Å². The Morgan fingerprint density at radius 1 is 1.00 bits per heavy atom. The molecule has 0 aromatic carbocycles. The summed E-state index contributed by atoms with van der Waals surface area (Å²) in [5, 5.41) is 0.514. The van der Waals surface area contributed by atoms with Crippen LogP contribution in [0.1, 0.15) is 12.6 Å². The minimum Gasteiger partial charge on any atom is -0.478 e. The number of aromatic nitrogens is 4. The molecular weight excluding hydrogens is 303 g/mol. The first-order valence-electron chi connectivity index (χ1n) is 5.60. The van der Waals surface area contributed by atoms with E-state index in [1.807, 2.05) is 13.8 Å². The van der Waals surface area contributed by atoms with E-state index in [0.717, 1.165) is 5.69 Å². The van der Waals surface area contributed by atoms with E-state index < -0.39 is 0 Å². The van der Waals surface area contributed by atoms with Crippen LogP contribution in [0.15, 0.2) is 12.1 Å². The van der Waals surface area contributed by atoms with Crippen molar-refractivity contribution in [3.8, 4) is 5.88 Å². The predicted octanol–water partition coefficient (Wildman–Crippen LogP) is 2.13. The molecule has 4 N–H and O–H groups in total. The van der Waals surface area contributed by atoms with Crippen LogP contribution in [0, 0.1) is 6.92 Å². The van der Waals surface area contributed by atoms with Gasteiger partial charge < -0.3 is 16.2 Å². The van der Waals surface area contributed by atoms with Gasteiger partial charge in [0.25, 0.3) is 0 Å². The molecule has 2 aromatic heterocycles. The summed E-state index contributed by atoms with van der Waals surface area (Å²) in [6.45, 7) is 4.34. The van der Waals surface area contributed by atoms with Gasteiger partial charge in [0.1, 0.15) is 10.3 Å². The number of hydrogen-bond donors (Lipinski definition) is 2. The quantitative estimate of drug-likeness (QED) is 0.816. The zero-order valence-electron chi connectivity index (χ0n) is 11.0. The van der Waals surface area contributed by atoms with Gasteiger partial charge in [0.2, 0.25) is 17.8 Å². The molecule has 9 heteroatoms. The van der Waals surface area contributed by atoms with Crippen LogP contribution in [-0.4, -0.2) is 26.5 Å². The smallest absolute Gasteiger partial charge is 0.223 e. The Balaban J connectivity index is 0.000000204. The summed E-state index contributed by atoms with van der Waals surface area (Å²) in [5.41, 5.74) is 11.4. The van der Waals surface area contributed by atoms with Gasteiger partial charge in [-0.2, -0.15) is 4.98 Å². The number of nitrogen functional groups attached to an aromatic ring is 2. The van der Waals surface area contributed by atoms with Gasteiger partial charge in [0.05, 0.1) is 6.61 Å². The number of rotatable bonds is 2. The molecule has 20 heavy (non-hydrogen) atoms. The summed E-state index contributed by atoms with van der Waals surface area (Å²) in [4.78, 5) is 14.9. The van der Waals surface area contributed by atoms with Crippen LogP contribution in [0.4, 0.5) is 11.9 Å². The van der Waals surface area contributed by atoms with E-state index in [1.54, 1.807) is 6.07 Å². The lowest BCUT2D eigenvalue weighted by Crippen LogP contribution is -2.01. The van der Waals surface area contributed by atoms with Crippen LogP contribution < -0.4 is 16.2 Å². The normalized spacial score (nSPS) is 9.60. The van der Waals surface area contributed by atoms with Gasteiger partial charge in [-0.05, 0) is 13.8 Å². The van der Waals surface area contributed by atoms with Crippen LogP contribution in [-0.2, 0) is 0 Å². The van der Waals surface area contributed by atoms with Gasteiger partial charge in [-0.1, -0.05) is 23.2 Å². The number of halogens is 2. The molecule has 0 bridgehead atoms.